The lowest BCUT2D eigenvalue weighted by Crippen LogP contribution is -2.34. The fraction of sp³-hybridized carbons (Fsp3) is 0.438. The number of fused-ring (bicyclic) bond motifs is 1. The molecule has 1 amide bonds. The maximum atomic E-state index is 11.7. The number of carbonyl (C=O) groups is 1. The molecule has 0 radical (unpaired) electrons. The lowest BCUT2D eigenvalue weighted by atomic mass is 10.1. The molecule has 1 unspecified atom stereocenters. The Morgan fingerprint density at radius 3 is 2.90 bits per heavy atom. The van der Waals surface area contributed by atoms with Gasteiger partial charge in [-0.3, -0.25) is 4.79 Å². The monoisotopic (exact) mass is 274 g/mol. The molecule has 20 heavy (non-hydrogen) atoms. The van der Waals surface area contributed by atoms with Gasteiger partial charge >= 0.3 is 0 Å². The van der Waals surface area contributed by atoms with E-state index in [0.717, 1.165) is 16.5 Å². The minimum absolute atomic E-state index is 0.0149. The number of rotatable bonds is 6. The minimum atomic E-state index is -0.477. The van der Waals surface area contributed by atoms with Crippen LogP contribution in [0.4, 0.5) is 0 Å². The molecule has 108 valence electrons. The van der Waals surface area contributed by atoms with Crippen LogP contribution in [0.3, 0.4) is 0 Å². The van der Waals surface area contributed by atoms with Crippen molar-refractivity contribution in [3.8, 4) is 0 Å². The van der Waals surface area contributed by atoms with Crippen LogP contribution < -0.4 is 5.32 Å². The first-order valence-corrected chi connectivity index (χ1v) is 7.07. The minimum Gasteiger partial charge on any atom is -0.391 e. The molecule has 0 aliphatic rings. The van der Waals surface area contributed by atoms with Gasteiger partial charge in [-0.1, -0.05) is 19.9 Å². The van der Waals surface area contributed by atoms with Crippen molar-refractivity contribution in [3.05, 3.63) is 36.0 Å². The summed E-state index contributed by atoms with van der Waals surface area (Å²) < 4.78 is 0. The van der Waals surface area contributed by atoms with Crippen molar-refractivity contribution in [3.63, 3.8) is 0 Å². The van der Waals surface area contributed by atoms with Crippen molar-refractivity contribution in [1.82, 2.24) is 10.3 Å². The lowest BCUT2D eigenvalue weighted by Gasteiger charge is -2.14. The molecule has 0 bridgehead atoms. The Balaban J connectivity index is 1.80. The van der Waals surface area contributed by atoms with Crippen LogP contribution in [0, 0.1) is 5.92 Å². The van der Waals surface area contributed by atoms with Gasteiger partial charge in [0.2, 0.25) is 5.91 Å². The molecule has 1 aromatic heterocycles. The number of aromatic nitrogens is 1. The number of aryl methyl sites for hydroxylation is 1. The molecule has 0 saturated carbocycles. The predicted molar refractivity (Wildman–Crippen MR) is 80.5 cm³/mol. The van der Waals surface area contributed by atoms with Crippen molar-refractivity contribution < 1.29 is 9.90 Å². The highest BCUT2D eigenvalue weighted by Crippen LogP contribution is 2.15. The summed E-state index contributed by atoms with van der Waals surface area (Å²) in [6.45, 7) is 4.19. The molecule has 4 heteroatoms. The fourth-order valence-corrected chi connectivity index (χ4v) is 2.06. The molecule has 2 rings (SSSR count). The van der Waals surface area contributed by atoms with E-state index in [9.17, 15) is 9.90 Å². The number of nitrogens with one attached hydrogen (secondary N) is 2. The zero-order valence-corrected chi connectivity index (χ0v) is 12.0. The van der Waals surface area contributed by atoms with Gasteiger partial charge in [0.1, 0.15) is 0 Å². The second-order valence-electron chi connectivity index (χ2n) is 5.51. The van der Waals surface area contributed by atoms with E-state index in [2.05, 4.69) is 16.4 Å². The highest BCUT2D eigenvalue weighted by Gasteiger charge is 2.10. The quantitative estimate of drug-likeness (QED) is 0.756. The van der Waals surface area contributed by atoms with Gasteiger partial charge in [-0.2, -0.15) is 0 Å². The molecule has 0 aliphatic heterocycles. The van der Waals surface area contributed by atoms with Crippen molar-refractivity contribution in [2.45, 2.75) is 32.8 Å². The highest BCUT2D eigenvalue weighted by molar-refractivity contribution is 5.80. The second-order valence-corrected chi connectivity index (χ2v) is 5.51. The number of H-pyrrole nitrogens is 1. The SMILES string of the molecule is CC(C)C(O)CNC(=O)CCc1ccc2[nH]ccc2c1. The molecule has 0 spiro atoms. The topological polar surface area (TPSA) is 65.1 Å². The first-order chi connectivity index (χ1) is 9.56. The van der Waals surface area contributed by atoms with Crippen LogP contribution in [-0.4, -0.2) is 28.6 Å². The molecule has 4 nitrogen and oxygen atoms in total. The molecule has 3 N–H and O–H groups in total. The molecular formula is C16H22N2O2. The lowest BCUT2D eigenvalue weighted by molar-refractivity contribution is -0.121. The Labute approximate surface area is 119 Å². The van der Waals surface area contributed by atoms with E-state index in [1.165, 1.54) is 0 Å². The fourth-order valence-electron chi connectivity index (χ4n) is 2.06. The van der Waals surface area contributed by atoms with Gasteiger partial charge in [0.25, 0.3) is 0 Å². The number of aromatic amines is 1. The maximum Gasteiger partial charge on any atom is 0.220 e. The summed E-state index contributed by atoms with van der Waals surface area (Å²) in [6.07, 6.45) is 2.59. The number of hydrogen-bond donors (Lipinski definition) is 3. The number of aliphatic hydroxyl groups excluding tert-OH is 1. The summed E-state index contributed by atoms with van der Waals surface area (Å²) in [4.78, 5) is 14.9. The summed E-state index contributed by atoms with van der Waals surface area (Å²) in [6, 6.07) is 8.19. The standard InChI is InChI=1S/C16H22N2O2/c1-11(2)15(19)10-18-16(20)6-4-12-3-5-14-13(9-12)7-8-17-14/h3,5,7-9,11,15,17,19H,4,6,10H2,1-2H3,(H,18,20). The first-order valence-electron chi connectivity index (χ1n) is 7.07. The van der Waals surface area contributed by atoms with E-state index in [0.29, 0.717) is 19.4 Å². The van der Waals surface area contributed by atoms with Gasteiger partial charge in [-0.25, -0.2) is 0 Å². The van der Waals surface area contributed by atoms with E-state index in [-0.39, 0.29) is 11.8 Å². The van der Waals surface area contributed by atoms with Gasteiger partial charge < -0.3 is 15.4 Å². The van der Waals surface area contributed by atoms with E-state index in [4.69, 9.17) is 0 Å². The molecule has 1 heterocycles. The molecule has 0 saturated heterocycles. The second kappa shape index (κ2) is 6.57. The zero-order valence-electron chi connectivity index (χ0n) is 12.0. The molecule has 1 aromatic carbocycles. The normalized spacial score (nSPS) is 12.8. The van der Waals surface area contributed by atoms with E-state index in [1.807, 2.05) is 38.2 Å². The maximum absolute atomic E-state index is 11.7. The Morgan fingerprint density at radius 2 is 2.15 bits per heavy atom. The van der Waals surface area contributed by atoms with Crippen LogP contribution in [0.15, 0.2) is 30.5 Å². The van der Waals surface area contributed by atoms with E-state index < -0.39 is 6.10 Å². The van der Waals surface area contributed by atoms with Crippen LogP contribution in [0.1, 0.15) is 25.8 Å². The summed E-state index contributed by atoms with van der Waals surface area (Å²) in [5.74, 6) is 0.144. The number of hydrogen-bond acceptors (Lipinski definition) is 2. The Morgan fingerprint density at radius 1 is 1.35 bits per heavy atom. The van der Waals surface area contributed by atoms with Crippen molar-refractivity contribution >= 4 is 16.8 Å². The summed E-state index contributed by atoms with van der Waals surface area (Å²) in [5.41, 5.74) is 2.26. The van der Waals surface area contributed by atoms with Crippen molar-refractivity contribution in [2.24, 2.45) is 5.92 Å². The average Bonchev–Trinajstić information content (AvgIpc) is 2.89. The van der Waals surface area contributed by atoms with Gasteiger partial charge in [0.05, 0.1) is 6.10 Å². The van der Waals surface area contributed by atoms with E-state index >= 15 is 0 Å². The third-order valence-electron chi connectivity index (χ3n) is 3.54. The smallest absolute Gasteiger partial charge is 0.220 e. The van der Waals surface area contributed by atoms with Crippen LogP contribution >= 0.6 is 0 Å². The van der Waals surface area contributed by atoms with Crippen LogP contribution in [0.2, 0.25) is 0 Å². The van der Waals surface area contributed by atoms with Crippen molar-refractivity contribution in [1.29, 1.82) is 0 Å². The van der Waals surface area contributed by atoms with Crippen molar-refractivity contribution in [2.75, 3.05) is 6.54 Å². The summed E-state index contributed by atoms with van der Waals surface area (Å²) >= 11 is 0. The van der Waals surface area contributed by atoms with Gasteiger partial charge in [0, 0.05) is 24.7 Å². The molecule has 2 aromatic rings. The molecular weight excluding hydrogens is 252 g/mol. The average molecular weight is 274 g/mol. The Bertz CT molecular complexity index is 575. The molecule has 1 atom stereocenters. The molecule has 0 fully saturated rings. The Hall–Kier alpha value is -1.81. The molecule has 0 aliphatic carbocycles. The van der Waals surface area contributed by atoms with E-state index in [1.54, 1.807) is 0 Å². The van der Waals surface area contributed by atoms with Crippen LogP contribution in [0.5, 0.6) is 0 Å². The number of aliphatic hydroxyl groups is 1. The Kier molecular flexibility index (Phi) is 4.79. The van der Waals surface area contributed by atoms with Crippen LogP contribution in [0.25, 0.3) is 10.9 Å². The van der Waals surface area contributed by atoms with Gasteiger partial charge in [0.15, 0.2) is 0 Å². The van der Waals surface area contributed by atoms with Gasteiger partial charge in [-0.05, 0) is 41.5 Å². The first kappa shape index (κ1) is 14.6. The highest BCUT2D eigenvalue weighted by atomic mass is 16.3. The summed E-state index contributed by atoms with van der Waals surface area (Å²) in [7, 11) is 0. The predicted octanol–water partition coefficient (Wildman–Crippen LogP) is 2.23. The number of benzene rings is 1. The summed E-state index contributed by atoms with van der Waals surface area (Å²) in [5, 5.41) is 13.6. The largest absolute Gasteiger partial charge is 0.391 e. The van der Waals surface area contributed by atoms with Gasteiger partial charge in [-0.15, -0.1) is 0 Å². The third kappa shape index (κ3) is 3.84. The van der Waals surface area contributed by atoms with Crippen LogP contribution in [-0.2, 0) is 11.2 Å². The third-order valence-corrected chi connectivity index (χ3v) is 3.54. The number of amides is 1. The number of carbonyl (C=O) groups excluding carboxylic acids is 1. The zero-order chi connectivity index (χ0) is 14.5.